The first-order chi connectivity index (χ1) is 14.7. The first-order valence-electron chi connectivity index (χ1n) is 9.37. The van der Waals surface area contributed by atoms with Gasteiger partial charge in [0.1, 0.15) is 11.6 Å². The Kier molecular flexibility index (Phi) is 7.34. The molecule has 0 aliphatic heterocycles. The van der Waals surface area contributed by atoms with Crippen molar-refractivity contribution in [2.75, 3.05) is 23.8 Å². The Labute approximate surface area is 185 Å². The number of aliphatic hydroxyl groups is 1. The number of anilines is 3. The molecule has 3 aromatic rings. The van der Waals surface area contributed by atoms with Gasteiger partial charge >= 0.3 is 6.36 Å². The lowest BCUT2D eigenvalue weighted by molar-refractivity contribution is -0.274. The molecule has 2 aromatic carbocycles. The Balaban J connectivity index is 1.97. The molecular weight excluding hydrogens is 477 g/mol. The standard InChI is InChI=1S/C21H20BrF3N4O2/c1-13-16(22)7-3-8-17(13)27-19-12-18(28-20(29-19)26-9-4-10-30)14-5-2-6-15(11-14)31-21(23,24)25/h2-3,5-8,11-12,30H,4,9-10H2,1H3,(H2,26,27,28,29). The summed E-state index contributed by atoms with van der Waals surface area (Å²) >= 11 is 3.48. The highest BCUT2D eigenvalue weighted by Gasteiger charge is 2.31. The van der Waals surface area contributed by atoms with Crippen LogP contribution in [0.1, 0.15) is 12.0 Å². The van der Waals surface area contributed by atoms with E-state index in [1.807, 2.05) is 25.1 Å². The molecule has 0 saturated carbocycles. The number of nitrogens with one attached hydrogen (secondary N) is 2. The maximum atomic E-state index is 12.6. The summed E-state index contributed by atoms with van der Waals surface area (Å²) in [5.41, 5.74) is 2.63. The maximum Gasteiger partial charge on any atom is 0.573 e. The molecule has 10 heteroatoms. The van der Waals surface area contributed by atoms with Crippen LogP contribution < -0.4 is 15.4 Å². The van der Waals surface area contributed by atoms with E-state index in [0.29, 0.717) is 30.0 Å². The van der Waals surface area contributed by atoms with Crippen molar-refractivity contribution in [3.05, 3.63) is 58.6 Å². The zero-order valence-electron chi connectivity index (χ0n) is 16.5. The Morgan fingerprint density at radius 1 is 1.10 bits per heavy atom. The van der Waals surface area contributed by atoms with E-state index in [4.69, 9.17) is 5.11 Å². The molecule has 0 unspecified atom stereocenters. The second kappa shape index (κ2) is 9.97. The number of nitrogens with zero attached hydrogens (tertiary/aromatic N) is 2. The third-order valence-corrected chi connectivity index (χ3v) is 5.10. The summed E-state index contributed by atoms with van der Waals surface area (Å²) in [6.45, 7) is 2.38. The summed E-state index contributed by atoms with van der Waals surface area (Å²) in [6, 6.07) is 12.9. The predicted molar refractivity (Wildman–Crippen MR) is 117 cm³/mol. The van der Waals surface area contributed by atoms with Gasteiger partial charge in [-0.15, -0.1) is 13.2 Å². The molecule has 1 heterocycles. The summed E-state index contributed by atoms with van der Waals surface area (Å²) in [7, 11) is 0. The van der Waals surface area contributed by atoms with E-state index in [2.05, 4.69) is 41.3 Å². The number of hydrogen-bond donors (Lipinski definition) is 3. The first-order valence-corrected chi connectivity index (χ1v) is 10.2. The minimum atomic E-state index is -4.79. The van der Waals surface area contributed by atoms with Gasteiger partial charge in [0.05, 0.1) is 5.69 Å². The van der Waals surface area contributed by atoms with Crippen molar-refractivity contribution in [2.24, 2.45) is 0 Å². The van der Waals surface area contributed by atoms with E-state index in [1.54, 1.807) is 12.1 Å². The SMILES string of the molecule is Cc1c(Br)cccc1Nc1cc(-c2cccc(OC(F)(F)F)c2)nc(NCCCO)n1. The molecule has 0 fully saturated rings. The van der Waals surface area contributed by atoms with Gasteiger partial charge in [-0.3, -0.25) is 0 Å². The van der Waals surface area contributed by atoms with Gasteiger partial charge in [-0.1, -0.05) is 34.1 Å². The van der Waals surface area contributed by atoms with Gasteiger partial charge in [-0.05, 0) is 43.2 Å². The summed E-state index contributed by atoms with van der Waals surface area (Å²) in [6.07, 6.45) is -4.29. The lowest BCUT2D eigenvalue weighted by Crippen LogP contribution is -2.17. The summed E-state index contributed by atoms with van der Waals surface area (Å²) in [5, 5.41) is 15.2. The second-order valence-electron chi connectivity index (χ2n) is 6.58. The number of aliphatic hydroxyl groups excluding tert-OH is 1. The van der Waals surface area contributed by atoms with Crippen LogP contribution in [0.25, 0.3) is 11.3 Å². The fraction of sp³-hybridized carbons (Fsp3) is 0.238. The molecule has 1 aromatic heterocycles. The first kappa shape index (κ1) is 22.8. The third-order valence-electron chi connectivity index (χ3n) is 4.24. The van der Waals surface area contributed by atoms with Crippen LogP contribution in [0.4, 0.5) is 30.6 Å². The van der Waals surface area contributed by atoms with Gasteiger partial charge < -0.3 is 20.5 Å². The van der Waals surface area contributed by atoms with Crippen LogP contribution in [0, 0.1) is 6.92 Å². The van der Waals surface area contributed by atoms with E-state index in [1.165, 1.54) is 18.2 Å². The van der Waals surface area contributed by atoms with E-state index in [-0.39, 0.29) is 18.3 Å². The van der Waals surface area contributed by atoms with Crippen LogP contribution in [0.5, 0.6) is 5.75 Å². The smallest absolute Gasteiger partial charge is 0.406 e. The summed E-state index contributed by atoms with van der Waals surface area (Å²) in [4.78, 5) is 8.84. The van der Waals surface area contributed by atoms with Crippen molar-refractivity contribution in [3.8, 4) is 17.0 Å². The summed E-state index contributed by atoms with van der Waals surface area (Å²) < 4.78 is 42.7. The number of hydrogen-bond acceptors (Lipinski definition) is 6. The minimum Gasteiger partial charge on any atom is -0.406 e. The molecule has 0 saturated heterocycles. The van der Waals surface area contributed by atoms with Crippen LogP contribution in [0.3, 0.4) is 0 Å². The molecule has 0 bridgehead atoms. The van der Waals surface area contributed by atoms with Crippen molar-refractivity contribution in [1.29, 1.82) is 0 Å². The average Bonchev–Trinajstić information content (AvgIpc) is 2.70. The van der Waals surface area contributed by atoms with E-state index in [9.17, 15) is 13.2 Å². The van der Waals surface area contributed by atoms with Crippen LogP contribution >= 0.6 is 15.9 Å². The van der Waals surface area contributed by atoms with Crippen molar-refractivity contribution in [3.63, 3.8) is 0 Å². The molecule has 3 N–H and O–H groups in total. The molecule has 0 atom stereocenters. The summed E-state index contributed by atoms with van der Waals surface area (Å²) in [5.74, 6) is 0.402. The topological polar surface area (TPSA) is 79.3 Å². The van der Waals surface area contributed by atoms with Crippen LogP contribution in [-0.2, 0) is 0 Å². The van der Waals surface area contributed by atoms with Gasteiger partial charge in [0.25, 0.3) is 0 Å². The molecular formula is C21H20BrF3N4O2. The monoisotopic (exact) mass is 496 g/mol. The largest absolute Gasteiger partial charge is 0.573 e. The second-order valence-corrected chi connectivity index (χ2v) is 7.43. The van der Waals surface area contributed by atoms with Crippen molar-refractivity contribution in [2.45, 2.75) is 19.7 Å². The van der Waals surface area contributed by atoms with Crippen LogP contribution in [-0.4, -0.2) is 34.6 Å². The van der Waals surface area contributed by atoms with Crippen molar-refractivity contribution < 1.29 is 23.0 Å². The Bertz CT molecular complexity index is 1050. The fourth-order valence-electron chi connectivity index (χ4n) is 2.75. The lowest BCUT2D eigenvalue weighted by atomic mass is 10.1. The lowest BCUT2D eigenvalue weighted by Gasteiger charge is -2.14. The van der Waals surface area contributed by atoms with E-state index >= 15 is 0 Å². The zero-order chi connectivity index (χ0) is 22.4. The molecule has 6 nitrogen and oxygen atoms in total. The molecule has 0 aliphatic rings. The zero-order valence-corrected chi connectivity index (χ0v) is 18.1. The quantitative estimate of drug-likeness (QED) is 0.349. The normalized spacial score (nSPS) is 11.3. The third kappa shape index (κ3) is 6.56. The fourth-order valence-corrected chi connectivity index (χ4v) is 3.12. The van der Waals surface area contributed by atoms with Crippen LogP contribution in [0.15, 0.2) is 53.0 Å². The number of aromatic nitrogens is 2. The van der Waals surface area contributed by atoms with Gasteiger partial charge in [0.15, 0.2) is 0 Å². The Morgan fingerprint density at radius 3 is 2.61 bits per heavy atom. The molecule has 31 heavy (non-hydrogen) atoms. The maximum absolute atomic E-state index is 12.6. The molecule has 164 valence electrons. The number of halogens is 4. The molecule has 0 amide bonds. The Hall–Kier alpha value is -2.85. The highest BCUT2D eigenvalue weighted by atomic mass is 79.9. The predicted octanol–water partition coefficient (Wildman–Crippen LogP) is 5.65. The number of alkyl halides is 3. The van der Waals surface area contributed by atoms with Gasteiger partial charge in [-0.25, -0.2) is 4.98 Å². The average molecular weight is 497 g/mol. The molecule has 0 spiro atoms. The van der Waals surface area contributed by atoms with Gasteiger partial charge in [0.2, 0.25) is 5.95 Å². The highest BCUT2D eigenvalue weighted by molar-refractivity contribution is 9.10. The van der Waals surface area contributed by atoms with Crippen molar-refractivity contribution in [1.82, 2.24) is 9.97 Å². The van der Waals surface area contributed by atoms with Gasteiger partial charge in [-0.2, -0.15) is 4.98 Å². The number of rotatable bonds is 8. The van der Waals surface area contributed by atoms with E-state index in [0.717, 1.165) is 15.7 Å². The van der Waals surface area contributed by atoms with E-state index < -0.39 is 6.36 Å². The molecule has 0 aliphatic carbocycles. The highest BCUT2D eigenvalue weighted by Crippen LogP contribution is 2.30. The molecule has 3 rings (SSSR count). The van der Waals surface area contributed by atoms with Gasteiger partial charge in [0, 0.05) is 34.9 Å². The number of benzene rings is 2. The Morgan fingerprint density at radius 2 is 1.87 bits per heavy atom. The minimum absolute atomic E-state index is 0.00581. The number of ether oxygens (including phenoxy) is 1. The van der Waals surface area contributed by atoms with Crippen LogP contribution in [0.2, 0.25) is 0 Å². The van der Waals surface area contributed by atoms with Crippen molar-refractivity contribution >= 4 is 33.4 Å². The molecule has 0 radical (unpaired) electrons.